The van der Waals surface area contributed by atoms with Crippen LogP contribution in [0, 0.1) is 11.8 Å². The lowest BCUT2D eigenvalue weighted by molar-refractivity contribution is -0.122. The van der Waals surface area contributed by atoms with E-state index in [1.807, 2.05) is 37.3 Å². The molecule has 6 nitrogen and oxygen atoms in total. The number of rotatable bonds is 4. The van der Waals surface area contributed by atoms with Crippen LogP contribution in [0.2, 0.25) is 0 Å². The van der Waals surface area contributed by atoms with Crippen LogP contribution in [0.5, 0.6) is 11.5 Å². The van der Waals surface area contributed by atoms with Crippen molar-refractivity contribution in [2.45, 2.75) is 6.92 Å². The lowest BCUT2D eigenvalue weighted by Gasteiger charge is -2.16. The van der Waals surface area contributed by atoms with Gasteiger partial charge in [0.2, 0.25) is 5.91 Å². The Morgan fingerprint density at radius 3 is 2.58 bits per heavy atom. The van der Waals surface area contributed by atoms with Gasteiger partial charge < -0.3 is 15.4 Å². The minimum Gasteiger partial charge on any atom is -0.457 e. The summed E-state index contributed by atoms with van der Waals surface area (Å²) in [7, 11) is 0. The highest BCUT2D eigenvalue weighted by molar-refractivity contribution is 5.93. The number of carbonyl (C=O) groups is 2. The first-order chi connectivity index (χ1) is 11.5. The van der Waals surface area contributed by atoms with Crippen LogP contribution >= 0.6 is 0 Å². The molecular weight excluding hydrogens is 306 g/mol. The van der Waals surface area contributed by atoms with Crippen LogP contribution < -0.4 is 10.5 Å². The van der Waals surface area contributed by atoms with Gasteiger partial charge >= 0.3 is 0 Å². The zero-order valence-corrected chi connectivity index (χ0v) is 13.4. The van der Waals surface area contributed by atoms with Gasteiger partial charge in [0.1, 0.15) is 17.2 Å². The van der Waals surface area contributed by atoms with Crippen molar-refractivity contribution in [3.63, 3.8) is 0 Å². The standard InChI is InChI=1S/C18H19N3O3/c1-12-10-21(11-15(12)17(19)22)18(23)16-9-14(7-8-20-16)24-13-5-3-2-4-6-13/h2-9,12,15H,10-11H2,1H3,(H2,19,22)/t12-,15-/m1/s1. The van der Waals surface area contributed by atoms with Crippen molar-refractivity contribution >= 4 is 11.8 Å². The third-order valence-corrected chi connectivity index (χ3v) is 4.19. The molecule has 0 unspecified atom stereocenters. The molecule has 0 bridgehead atoms. The number of likely N-dealkylation sites (tertiary alicyclic amines) is 1. The Labute approximate surface area is 140 Å². The Morgan fingerprint density at radius 2 is 1.92 bits per heavy atom. The maximum atomic E-state index is 12.6. The number of benzene rings is 1. The molecule has 1 aliphatic rings. The van der Waals surface area contributed by atoms with Gasteiger partial charge in [-0.05, 0) is 24.1 Å². The molecule has 2 N–H and O–H groups in total. The maximum Gasteiger partial charge on any atom is 0.272 e. The molecule has 3 rings (SSSR count). The average Bonchev–Trinajstić information content (AvgIpc) is 2.97. The average molecular weight is 325 g/mol. The summed E-state index contributed by atoms with van der Waals surface area (Å²) in [6.45, 7) is 2.75. The predicted octanol–water partition coefficient (Wildman–Crippen LogP) is 2.07. The fraction of sp³-hybridized carbons (Fsp3) is 0.278. The van der Waals surface area contributed by atoms with E-state index >= 15 is 0 Å². The number of carbonyl (C=O) groups excluding carboxylic acids is 2. The first kappa shape index (κ1) is 16.0. The quantitative estimate of drug-likeness (QED) is 0.932. The van der Waals surface area contributed by atoms with Gasteiger partial charge in [-0.1, -0.05) is 25.1 Å². The highest BCUT2D eigenvalue weighted by Gasteiger charge is 2.36. The Morgan fingerprint density at radius 1 is 1.17 bits per heavy atom. The van der Waals surface area contributed by atoms with E-state index in [4.69, 9.17) is 10.5 Å². The lowest BCUT2D eigenvalue weighted by Crippen LogP contribution is -2.32. The molecule has 0 spiro atoms. The number of pyridine rings is 1. The number of nitrogens with zero attached hydrogens (tertiary/aromatic N) is 2. The van der Waals surface area contributed by atoms with Gasteiger partial charge in [-0.25, -0.2) is 0 Å². The van der Waals surface area contributed by atoms with E-state index in [2.05, 4.69) is 4.98 Å². The molecule has 1 aromatic heterocycles. The van der Waals surface area contributed by atoms with Crippen LogP contribution in [-0.4, -0.2) is 34.8 Å². The van der Waals surface area contributed by atoms with Crippen molar-refractivity contribution in [1.29, 1.82) is 0 Å². The second-order valence-electron chi connectivity index (χ2n) is 5.99. The second-order valence-corrected chi connectivity index (χ2v) is 5.99. The molecular formula is C18H19N3O3. The first-order valence-corrected chi connectivity index (χ1v) is 7.82. The summed E-state index contributed by atoms with van der Waals surface area (Å²) < 4.78 is 5.73. The molecule has 6 heteroatoms. The van der Waals surface area contributed by atoms with Gasteiger partial charge in [0.15, 0.2) is 0 Å². The normalized spacial score (nSPS) is 20.0. The van der Waals surface area contributed by atoms with E-state index in [1.54, 1.807) is 17.0 Å². The van der Waals surface area contributed by atoms with E-state index in [0.29, 0.717) is 30.3 Å². The molecule has 2 aromatic rings. The number of hydrogen-bond acceptors (Lipinski definition) is 4. The van der Waals surface area contributed by atoms with Crippen molar-refractivity contribution in [2.24, 2.45) is 17.6 Å². The molecule has 2 atom stereocenters. The van der Waals surface area contributed by atoms with Crippen molar-refractivity contribution in [1.82, 2.24) is 9.88 Å². The molecule has 1 saturated heterocycles. The summed E-state index contributed by atoms with van der Waals surface area (Å²) in [5.41, 5.74) is 5.68. The number of nitrogens with two attached hydrogens (primary N) is 1. The van der Waals surface area contributed by atoms with Crippen molar-refractivity contribution in [3.8, 4) is 11.5 Å². The fourth-order valence-corrected chi connectivity index (χ4v) is 2.88. The van der Waals surface area contributed by atoms with E-state index < -0.39 is 0 Å². The van der Waals surface area contributed by atoms with Crippen LogP contribution in [0.3, 0.4) is 0 Å². The molecule has 1 aliphatic heterocycles. The largest absolute Gasteiger partial charge is 0.457 e. The van der Waals surface area contributed by atoms with Crippen molar-refractivity contribution < 1.29 is 14.3 Å². The number of amides is 2. The van der Waals surface area contributed by atoms with E-state index in [0.717, 1.165) is 0 Å². The zero-order chi connectivity index (χ0) is 17.1. The molecule has 2 amide bonds. The molecule has 24 heavy (non-hydrogen) atoms. The minimum atomic E-state index is -0.369. The Kier molecular flexibility index (Phi) is 4.46. The second kappa shape index (κ2) is 6.70. The summed E-state index contributed by atoms with van der Waals surface area (Å²) >= 11 is 0. The maximum absolute atomic E-state index is 12.6. The van der Waals surface area contributed by atoms with Gasteiger partial charge in [0, 0.05) is 25.4 Å². The molecule has 0 saturated carbocycles. The number of aromatic nitrogens is 1. The highest BCUT2D eigenvalue weighted by atomic mass is 16.5. The van der Waals surface area contributed by atoms with Gasteiger partial charge in [-0.15, -0.1) is 0 Å². The summed E-state index contributed by atoms with van der Waals surface area (Å²) in [5, 5.41) is 0. The molecule has 1 aromatic carbocycles. The lowest BCUT2D eigenvalue weighted by atomic mass is 9.98. The number of para-hydroxylation sites is 1. The van der Waals surface area contributed by atoms with E-state index in [1.165, 1.54) is 6.20 Å². The fourth-order valence-electron chi connectivity index (χ4n) is 2.88. The summed E-state index contributed by atoms with van der Waals surface area (Å²) in [6, 6.07) is 12.6. The van der Waals surface area contributed by atoms with Crippen LogP contribution in [-0.2, 0) is 4.79 Å². The smallest absolute Gasteiger partial charge is 0.272 e. The van der Waals surface area contributed by atoms with E-state index in [9.17, 15) is 9.59 Å². The summed E-state index contributed by atoms with van der Waals surface area (Å²) in [6.07, 6.45) is 1.54. The molecule has 2 heterocycles. The first-order valence-electron chi connectivity index (χ1n) is 7.82. The molecule has 0 aliphatic carbocycles. The summed E-state index contributed by atoms with van der Waals surface area (Å²) in [5.74, 6) is 0.382. The van der Waals surface area contributed by atoms with Crippen LogP contribution in [0.25, 0.3) is 0 Å². The van der Waals surface area contributed by atoms with Crippen molar-refractivity contribution in [2.75, 3.05) is 13.1 Å². The molecule has 1 fully saturated rings. The van der Waals surface area contributed by atoms with Crippen molar-refractivity contribution in [3.05, 3.63) is 54.4 Å². The third kappa shape index (κ3) is 3.37. The van der Waals surface area contributed by atoms with Crippen LogP contribution in [0.15, 0.2) is 48.7 Å². The molecule has 124 valence electrons. The minimum absolute atomic E-state index is 0.0511. The monoisotopic (exact) mass is 325 g/mol. The van der Waals surface area contributed by atoms with Gasteiger partial charge in [0.25, 0.3) is 5.91 Å². The Bertz CT molecular complexity index is 748. The predicted molar refractivity (Wildman–Crippen MR) is 88.5 cm³/mol. The number of hydrogen-bond donors (Lipinski definition) is 1. The van der Waals surface area contributed by atoms with E-state index in [-0.39, 0.29) is 23.7 Å². The van der Waals surface area contributed by atoms with Gasteiger partial charge in [-0.3, -0.25) is 14.6 Å². The summed E-state index contributed by atoms with van der Waals surface area (Å²) in [4.78, 5) is 29.8. The third-order valence-electron chi connectivity index (χ3n) is 4.19. The number of primary amides is 1. The van der Waals surface area contributed by atoms with Gasteiger partial charge in [-0.2, -0.15) is 0 Å². The zero-order valence-electron chi connectivity index (χ0n) is 13.4. The number of ether oxygens (including phenoxy) is 1. The molecule has 0 radical (unpaired) electrons. The Hall–Kier alpha value is -2.89. The SMILES string of the molecule is C[C@@H]1CN(C(=O)c2cc(Oc3ccccc3)ccn2)C[C@H]1C(N)=O. The topological polar surface area (TPSA) is 85.5 Å². The van der Waals surface area contributed by atoms with Crippen LogP contribution in [0.1, 0.15) is 17.4 Å². The highest BCUT2D eigenvalue weighted by Crippen LogP contribution is 2.25. The Balaban J connectivity index is 1.74. The van der Waals surface area contributed by atoms with Gasteiger partial charge in [0.05, 0.1) is 5.92 Å². The van der Waals surface area contributed by atoms with Crippen LogP contribution in [0.4, 0.5) is 0 Å².